The zero-order chi connectivity index (χ0) is 15.3. The fourth-order valence-electron chi connectivity index (χ4n) is 3.18. The molecule has 3 aliphatic rings. The topological polar surface area (TPSA) is 68.3 Å². The Morgan fingerprint density at radius 1 is 1.32 bits per heavy atom. The van der Waals surface area contributed by atoms with Crippen molar-refractivity contribution >= 4 is 23.3 Å². The van der Waals surface area contributed by atoms with Crippen molar-refractivity contribution in [3.8, 4) is 11.5 Å². The van der Waals surface area contributed by atoms with Gasteiger partial charge in [0.25, 0.3) is 5.91 Å². The van der Waals surface area contributed by atoms with E-state index in [2.05, 4.69) is 0 Å². The Labute approximate surface area is 131 Å². The molecule has 2 amide bonds. The van der Waals surface area contributed by atoms with Gasteiger partial charge in [0.05, 0.1) is 13.1 Å². The summed E-state index contributed by atoms with van der Waals surface area (Å²) in [5.41, 5.74) is -0.559. The highest BCUT2D eigenvalue weighted by Gasteiger charge is 2.50. The maximum absolute atomic E-state index is 12.7. The van der Waals surface area contributed by atoms with Crippen LogP contribution in [0.2, 0.25) is 0 Å². The molecular weight excluding hydrogens is 308 g/mol. The summed E-state index contributed by atoms with van der Waals surface area (Å²) in [7, 11) is 1.71. The first-order valence-corrected chi connectivity index (χ1v) is 8.06. The van der Waals surface area contributed by atoms with Crippen LogP contribution in [-0.4, -0.2) is 67.3 Å². The number of nitrogens with zero attached hydrogens (tertiary/aromatic N) is 2. The number of carbonyl (C=O) groups excluding carboxylic acids is 2. The highest BCUT2D eigenvalue weighted by Crippen LogP contribution is 2.41. The van der Waals surface area contributed by atoms with Gasteiger partial charge in [0.1, 0.15) is 18.1 Å². The molecule has 0 bridgehead atoms. The number of amides is 2. The molecule has 0 aliphatic carbocycles. The van der Waals surface area contributed by atoms with E-state index in [1.165, 1.54) is 11.3 Å². The molecule has 1 atom stereocenters. The van der Waals surface area contributed by atoms with Gasteiger partial charge in [-0.15, -0.1) is 11.3 Å². The van der Waals surface area contributed by atoms with Crippen LogP contribution in [0.1, 0.15) is 16.1 Å². The van der Waals surface area contributed by atoms with Crippen LogP contribution in [0.4, 0.5) is 4.79 Å². The average Bonchev–Trinajstić information content (AvgIpc) is 3.17. The van der Waals surface area contributed by atoms with Gasteiger partial charge < -0.3 is 24.0 Å². The molecule has 1 spiro atoms. The first-order valence-electron chi connectivity index (χ1n) is 7.18. The number of rotatable bonds is 1. The molecule has 1 aromatic rings. The second-order valence-corrected chi connectivity index (χ2v) is 6.72. The molecule has 0 saturated carbocycles. The van der Waals surface area contributed by atoms with Crippen molar-refractivity contribution in [1.29, 1.82) is 0 Å². The maximum Gasteiger partial charge on any atom is 0.410 e. The molecule has 118 valence electrons. The molecule has 0 aromatic carbocycles. The lowest BCUT2D eigenvalue weighted by Gasteiger charge is -2.22. The first-order chi connectivity index (χ1) is 10.6. The number of carbonyl (C=O) groups is 2. The molecule has 0 N–H and O–H groups in total. The second kappa shape index (κ2) is 4.77. The van der Waals surface area contributed by atoms with Crippen molar-refractivity contribution in [2.45, 2.75) is 12.0 Å². The third-order valence-electron chi connectivity index (χ3n) is 4.24. The van der Waals surface area contributed by atoms with E-state index in [4.69, 9.17) is 14.2 Å². The van der Waals surface area contributed by atoms with Crippen molar-refractivity contribution in [2.24, 2.45) is 0 Å². The van der Waals surface area contributed by atoms with Crippen molar-refractivity contribution in [1.82, 2.24) is 9.80 Å². The van der Waals surface area contributed by atoms with E-state index in [9.17, 15) is 9.59 Å². The Morgan fingerprint density at radius 2 is 2.14 bits per heavy atom. The molecule has 1 unspecified atom stereocenters. The maximum atomic E-state index is 12.7. The van der Waals surface area contributed by atoms with Gasteiger partial charge in [0.2, 0.25) is 0 Å². The standard InChI is InChI=1S/C14H16N2O5S/c1-15-7-14(21-13(15)18)2-3-16(8-14)12(17)11-10-9(6-22-11)19-4-5-20-10/h6H,2-5,7-8H2,1H3. The summed E-state index contributed by atoms with van der Waals surface area (Å²) in [6.07, 6.45) is 0.347. The lowest BCUT2D eigenvalue weighted by atomic mass is 10.0. The molecule has 22 heavy (non-hydrogen) atoms. The predicted molar refractivity (Wildman–Crippen MR) is 77.7 cm³/mol. The fraction of sp³-hybridized carbons (Fsp3) is 0.571. The number of fused-ring (bicyclic) bond motifs is 1. The van der Waals surface area contributed by atoms with Crippen LogP contribution >= 0.6 is 11.3 Å². The van der Waals surface area contributed by atoms with Gasteiger partial charge >= 0.3 is 6.09 Å². The second-order valence-electron chi connectivity index (χ2n) is 5.84. The Hall–Kier alpha value is -1.96. The molecule has 7 nitrogen and oxygen atoms in total. The van der Waals surface area contributed by atoms with E-state index in [1.807, 2.05) is 0 Å². The van der Waals surface area contributed by atoms with Gasteiger partial charge in [-0.05, 0) is 0 Å². The number of hydrogen-bond acceptors (Lipinski definition) is 6. The van der Waals surface area contributed by atoms with Crippen molar-refractivity contribution < 1.29 is 23.8 Å². The summed E-state index contributed by atoms with van der Waals surface area (Å²) in [4.78, 5) is 28.2. The highest BCUT2D eigenvalue weighted by atomic mass is 32.1. The molecule has 3 aliphatic heterocycles. The van der Waals surface area contributed by atoms with E-state index in [1.54, 1.807) is 22.2 Å². The van der Waals surface area contributed by atoms with Crippen LogP contribution in [0.5, 0.6) is 11.5 Å². The number of ether oxygens (including phenoxy) is 3. The summed E-state index contributed by atoms with van der Waals surface area (Å²) in [5, 5.41) is 1.80. The van der Waals surface area contributed by atoms with E-state index in [0.29, 0.717) is 55.6 Å². The zero-order valence-electron chi connectivity index (χ0n) is 12.2. The molecule has 1 aromatic heterocycles. The summed E-state index contributed by atoms with van der Waals surface area (Å²) >= 11 is 1.33. The summed E-state index contributed by atoms with van der Waals surface area (Å²) < 4.78 is 16.5. The Morgan fingerprint density at radius 3 is 2.91 bits per heavy atom. The number of thiophene rings is 1. The summed E-state index contributed by atoms with van der Waals surface area (Å²) in [6.45, 7) is 2.49. The van der Waals surface area contributed by atoms with Crippen LogP contribution in [0.25, 0.3) is 0 Å². The summed E-state index contributed by atoms with van der Waals surface area (Å²) in [6, 6.07) is 0. The van der Waals surface area contributed by atoms with Gasteiger partial charge in [-0.2, -0.15) is 0 Å². The zero-order valence-corrected chi connectivity index (χ0v) is 13.0. The smallest absolute Gasteiger partial charge is 0.410 e. The van der Waals surface area contributed by atoms with E-state index >= 15 is 0 Å². The molecule has 2 fully saturated rings. The lowest BCUT2D eigenvalue weighted by molar-refractivity contribution is 0.0552. The quantitative estimate of drug-likeness (QED) is 0.776. The van der Waals surface area contributed by atoms with E-state index in [0.717, 1.165) is 0 Å². The van der Waals surface area contributed by atoms with Crippen LogP contribution in [0, 0.1) is 0 Å². The van der Waals surface area contributed by atoms with Crippen LogP contribution in [0.3, 0.4) is 0 Å². The SMILES string of the molecule is CN1CC2(CCN(C(=O)c3scc4c3OCCO4)C2)OC1=O. The number of likely N-dealkylation sites (N-methyl/N-ethyl adjacent to an activating group) is 1. The normalized spacial score (nSPS) is 26.7. The molecule has 2 saturated heterocycles. The molecular formula is C14H16N2O5S. The minimum atomic E-state index is -0.559. The van der Waals surface area contributed by atoms with Gasteiger partial charge in [-0.1, -0.05) is 0 Å². The van der Waals surface area contributed by atoms with Crippen LogP contribution in [-0.2, 0) is 4.74 Å². The third-order valence-corrected chi connectivity index (χ3v) is 5.17. The molecule has 4 rings (SSSR count). The van der Waals surface area contributed by atoms with Gasteiger partial charge in [-0.3, -0.25) is 4.79 Å². The van der Waals surface area contributed by atoms with E-state index in [-0.39, 0.29) is 12.0 Å². The lowest BCUT2D eigenvalue weighted by Crippen LogP contribution is -2.39. The largest absolute Gasteiger partial charge is 0.485 e. The Kier molecular flexibility index (Phi) is 2.97. The minimum absolute atomic E-state index is 0.0840. The minimum Gasteiger partial charge on any atom is -0.485 e. The van der Waals surface area contributed by atoms with E-state index < -0.39 is 5.60 Å². The number of likely N-dealkylation sites (tertiary alicyclic amines) is 1. The predicted octanol–water partition coefficient (Wildman–Crippen LogP) is 1.19. The van der Waals surface area contributed by atoms with Gasteiger partial charge in [0.15, 0.2) is 17.1 Å². The Balaban J connectivity index is 1.53. The highest BCUT2D eigenvalue weighted by molar-refractivity contribution is 7.12. The fourth-order valence-corrected chi connectivity index (χ4v) is 4.07. The van der Waals surface area contributed by atoms with Crippen molar-refractivity contribution in [2.75, 3.05) is 39.9 Å². The monoisotopic (exact) mass is 324 g/mol. The summed E-state index contributed by atoms with van der Waals surface area (Å²) in [5.74, 6) is 1.10. The Bertz CT molecular complexity index is 645. The van der Waals surface area contributed by atoms with Crippen molar-refractivity contribution in [3.05, 3.63) is 10.3 Å². The van der Waals surface area contributed by atoms with Gasteiger partial charge in [-0.25, -0.2) is 4.79 Å². The number of hydrogen-bond donors (Lipinski definition) is 0. The molecule has 8 heteroatoms. The molecule has 4 heterocycles. The van der Waals surface area contributed by atoms with Gasteiger partial charge in [0, 0.05) is 25.4 Å². The molecule has 0 radical (unpaired) electrons. The van der Waals surface area contributed by atoms with Crippen LogP contribution < -0.4 is 9.47 Å². The first kappa shape index (κ1) is 13.7. The van der Waals surface area contributed by atoms with Crippen molar-refractivity contribution in [3.63, 3.8) is 0 Å². The third kappa shape index (κ3) is 2.01. The van der Waals surface area contributed by atoms with Crippen LogP contribution in [0.15, 0.2) is 5.38 Å². The average molecular weight is 324 g/mol.